The lowest BCUT2D eigenvalue weighted by Gasteiger charge is -2.19. The van der Waals surface area contributed by atoms with Crippen LogP contribution in [-0.2, 0) is 6.54 Å². The fourth-order valence-electron chi connectivity index (χ4n) is 2.91. The molecule has 2 N–H and O–H groups in total. The zero-order valence-electron chi connectivity index (χ0n) is 10.2. The summed E-state index contributed by atoms with van der Waals surface area (Å²) in [6, 6.07) is 6.78. The average Bonchev–Trinajstić information content (AvgIpc) is 2.72. The van der Waals surface area contributed by atoms with Crippen molar-refractivity contribution < 1.29 is 0 Å². The smallest absolute Gasteiger partial charge is 0.0328 e. The van der Waals surface area contributed by atoms with Crippen molar-refractivity contribution >= 4 is 0 Å². The van der Waals surface area contributed by atoms with Crippen molar-refractivity contribution in [2.24, 2.45) is 11.7 Å². The highest BCUT2D eigenvalue weighted by molar-refractivity contribution is 5.30. The molecule has 0 bridgehead atoms. The molecule has 1 heterocycles. The van der Waals surface area contributed by atoms with E-state index in [0.29, 0.717) is 0 Å². The van der Waals surface area contributed by atoms with Crippen molar-refractivity contribution in [1.82, 2.24) is 4.90 Å². The summed E-state index contributed by atoms with van der Waals surface area (Å²) >= 11 is 0. The van der Waals surface area contributed by atoms with E-state index >= 15 is 0 Å². The van der Waals surface area contributed by atoms with Crippen molar-refractivity contribution in [3.05, 3.63) is 34.9 Å². The molecule has 0 amide bonds. The molecule has 1 saturated carbocycles. The standard InChI is InChI=1S/C14H20N2/c1-10-3-4-12(5-11(10)2)7-16-8-13-6-14(13,15)9-16/h3-5,13H,6-9,15H2,1-2H3. The molecule has 2 fully saturated rings. The first kappa shape index (κ1) is 10.3. The monoisotopic (exact) mass is 216 g/mol. The Bertz CT molecular complexity index is 427. The number of benzene rings is 1. The van der Waals surface area contributed by atoms with Gasteiger partial charge in [-0.2, -0.15) is 0 Å². The molecule has 1 saturated heterocycles. The zero-order chi connectivity index (χ0) is 11.3. The molecule has 1 aromatic carbocycles. The third-order valence-corrected chi connectivity index (χ3v) is 4.25. The predicted octanol–water partition coefficient (Wildman–Crippen LogP) is 1.84. The maximum absolute atomic E-state index is 6.21. The third kappa shape index (κ3) is 1.66. The number of likely N-dealkylation sites (tertiary alicyclic amines) is 1. The number of piperidine rings is 1. The molecule has 0 spiro atoms. The van der Waals surface area contributed by atoms with Crippen LogP contribution in [0, 0.1) is 19.8 Å². The molecular formula is C14H20N2. The Morgan fingerprint density at radius 3 is 2.81 bits per heavy atom. The van der Waals surface area contributed by atoms with E-state index in [-0.39, 0.29) is 5.54 Å². The molecule has 0 aromatic heterocycles. The summed E-state index contributed by atoms with van der Waals surface area (Å²) in [5.41, 5.74) is 10.6. The van der Waals surface area contributed by atoms with Crippen LogP contribution in [0.1, 0.15) is 23.1 Å². The van der Waals surface area contributed by atoms with Gasteiger partial charge in [-0.25, -0.2) is 0 Å². The molecule has 1 aliphatic heterocycles. The van der Waals surface area contributed by atoms with E-state index in [1.54, 1.807) is 0 Å². The fraction of sp³-hybridized carbons (Fsp3) is 0.571. The normalized spacial score (nSPS) is 32.8. The highest BCUT2D eigenvalue weighted by Gasteiger charge is 2.56. The molecule has 86 valence electrons. The van der Waals surface area contributed by atoms with Crippen molar-refractivity contribution in [1.29, 1.82) is 0 Å². The van der Waals surface area contributed by atoms with Crippen LogP contribution in [0.4, 0.5) is 0 Å². The molecule has 2 heteroatoms. The Hall–Kier alpha value is -0.860. The zero-order valence-corrected chi connectivity index (χ0v) is 10.2. The summed E-state index contributed by atoms with van der Waals surface area (Å²) in [7, 11) is 0. The summed E-state index contributed by atoms with van der Waals surface area (Å²) in [6.45, 7) is 7.70. The maximum Gasteiger partial charge on any atom is 0.0328 e. The molecule has 1 aromatic rings. The van der Waals surface area contributed by atoms with Crippen LogP contribution in [0.3, 0.4) is 0 Å². The quantitative estimate of drug-likeness (QED) is 0.817. The van der Waals surface area contributed by atoms with E-state index < -0.39 is 0 Å². The minimum absolute atomic E-state index is 0.180. The number of nitrogens with zero attached hydrogens (tertiary/aromatic N) is 1. The van der Waals surface area contributed by atoms with Crippen LogP contribution in [0.15, 0.2) is 18.2 Å². The predicted molar refractivity (Wildman–Crippen MR) is 66.2 cm³/mol. The number of hydrogen-bond donors (Lipinski definition) is 1. The van der Waals surface area contributed by atoms with Gasteiger partial charge in [0.2, 0.25) is 0 Å². The minimum atomic E-state index is 0.180. The van der Waals surface area contributed by atoms with Gasteiger partial charge in [-0.1, -0.05) is 18.2 Å². The van der Waals surface area contributed by atoms with Gasteiger partial charge in [-0.3, -0.25) is 4.90 Å². The first-order valence-corrected chi connectivity index (χ1v) is 6.14. The SMILES string of the molecule is Cc1ccc(CN2CC3CC3(N)C2)cc1C. The van der Waals surface area contributed by atoms with Gasteiger partial charge < -0.3 is 5.73 Å². The highest BCUT2D eigenvalue weighted by Crippen LogP contribution is 2.47. The van der Waals surface area contributed by atoms with Gasteiger partial charge in [-0.15, -0.1) is 0 Å². The molecule has 1 aliphatic carbocycles. The van der Waals surface area contributed by atoms with Gasteiger partial charge in [0.1, 0.15) is 0 Å². The summed E-state index contributed by atoms with van der Waals surface area (Å²) in [6.07, 6.45) is 1.25. The minimum Gasteiger partial charge on any atom is -0.324 e. The average molecular weight is 216 g/mol. The Kier molecular flexibility index (Phi) is 2.13. The lowest BCUT2D eigenvalue weighted by Crippen LogP contribution is -2.32. The highest BCUT2D eigenvalue weighted by atomic mass is 15.2. The van der Waals surface area contributed by atoms with Gasteiger partial charge in [0.05, 0.1) is 0 Å². The number of rotatable bonds is 2. The van der Waals surface area contributed by atoms with Crippen molar-refractivity contribution in [3.8, 4) is 0 Å². The van der Waals surface area contributed by atoms with E-state index in [0.717, 1.165) is 19.0 Å². The van der Waals surface area contributed by atoms with Crippen LogP contribution in [0.25, 0.3) is 0 Å². The second kappa shape index (κ2) is 3.31. The third-order valence-electron chi connectivity index (χ3n) is 4.25. The van der Waals surface area contributed by atoms with Crippen molar-refractivity contribution in [2.75, 3.05) is 13.1 Å². The molecule has 2 nitrogen and oxygen atoms in total. The van der Waals surface area contributed by atoms with Crippen LogP contribution in [0.2, 0.25) is 0 Å². The van der Waals surface area contributed by atoms with Gasteiger partial charge in [-0.05, 0) is 42.9 Å². The van der Waals surface area contributed by atoms with Crippen molar-refractivity contribution in [3.63, 3.8) is 0 Å². The number of aryl methyl sites for hydroxylation is 2. The number of hydrogen-bond acceptors (Lipinski definition) is 2. The second-order valence-corrected chi connectivity index (χ2v) is 5.72. The molecular weight excluding hydrogens is 196 g/mol. The van der Waals surface area contributed by atoms with E-state index in [2.05, 4.69) is 36.9 Å². The summed E-state index contributed by atoms with van der Waals surface area (Å²) in [5, 5.41) is 0. The summed E-state index contributed by atoms with van der Waals surface area (Å²) in [5.74, 6) is 0.777. The Morgan fingerprint density at radius 2 is 2.19 bits per heavy atom. The molecule has 2 atom stereocenters. The van der Waals surface area contributed by atoms with E-state index in [1.807, 2.05) is 0 Å². The molecule has 0 radical (unpaired) electrons. The first-order chi connectivity index (χ1) is 7.57. The maximum atomic E-state index is 6.21. The van der Waals surface area contributed by atoms with Gasteiger partial charge >= 0.3 is 0 Å². The van der Waals surface area contributed by atoms with Crippen LogP contribution >= 0.6 is 0 Å². The summed E-state index contributed by atoms with van der Waals surface area (Å²) in [4.78, 5) is 2.50. The van der Waals surface area contributed by atoms with Crippen LogP contribution in [0.5, 0.6) is 0 Å². The number of nitrogens with two attached hydrogens (primary N) is 1. The van der Waals surface area contributed by atoms with Crippen molar-refractivity contribution in [2.45, 2.75) is 32.4 Å². The first-order valence-electron chi connectivity index (χ1n) is 6.14. The van der Waals surface area contributed by atoms with Gasteiger partial charge in [0.25, 0.3) is 0 Å². The second-order valence-electron chi connectivity index (χ2n) is 5.72. The molecule has 16 heavy (non-hydrogen) atoms. The van der Waals surface area contributed by atoms with E-state index in [4.69, 9.17) is 5.73 Å². The molecule has 2 unspecified atom stereocenters. The topological polar surface area (TPSA) is 29.3 Å². The number of fused-ring (bicyclic) bond motifs is 1. The largest absolute Gasteiger partial charge is 0.324 e. The Balaban J connectivity index is 1.68. The fourth-order valence-corrected chi connectivity index (χ4v) is 2.91. The molecule has 2 aliphatic rings. The lowest BCUT2D eigenvalue weighted by atomic mass is 10.1. The van der Waals surface area contributed by atoms with Crippen LogP contribution < -0.4 is 5.73 Å². The van der Waals surface area contributed by atoms with Gasteiger partial charge in [0.15, 0.2) is 0 Å². The lowest BCUT2D eigenvalue weighted by molar-refractivity contribution is 0.290. The van der Waals surface area contributed by atoms with E-state index in [9.17, 15) is 0 Å². The van der Waals surface area contributed by atoms with E-state index in [1.165, 1.54) is 29.7 Å². The Morgan fingerprint density at radius 1 is 1.38 bits per heavy atom. The summed E-state index contributed by atoms with van der Waals surface area (Å²) < 4.78 is 0. The van der Waals surface area contributed by atoms with Crippen LogP contribution in [-0.4, -0.2) is 23.5 Å². The molecule has 3 rings (SSSR count). The van der Waals surface area contributed by atoms with Gasteiger partial charge in [0, 0.05) is 25.2 Å². The Labute approximate surface area is 97.4 Å².